The summed E-state index contributed by atoms with van der Waals surface area (Å²) in [6.45, 7) is 0. The van der Waals surface area contributed by atoms with Crippen LogP contribution in [0.2, 0.25) is 0 Å². The lowest BCUT2D eigenvalue weighted by Gasteiger charge is -2.27. The maximum absolute atomic E-state index is 3.65. The van der Waals surface area contributed by atoms with Crippen molar-refractivity contribution < 1.29 is 0 Å². The monoisotopic (exact) mass is 239 g/mol. The largest absolute Gasteiger partial charge is 0.358 e. The molecule has 1 atom stereocenters. The first-order valence-electron chi connectivity index (χ1n) is 7.53. The Morgan fingerprint density at radius 3 is 2.67 bits per heavy atom. The number of hydrogen-bond donors (Lipinski definition) is 1. The highest BCUT2D eigenvalue weighted by molar-refractivity contribution is 5.85. The third-order valence-corrected chi connectivity index (χ3v) is 5.12. The number of H-pyrrole nitrogens is 1. The van der Waals surface area contributed by atoms with Crippen LogP contribution in [-0.4, -0.2) is 4.98 Å². The topological polar surface area (TPSA) is 15.8 Å². The van der Waals surface area contributed by atoms with Gasteiger partial charge in [-0.3, -0.25) is 0 Å². The molecule has 1 aromatic carbocycles. The van der Waals surface area contributed by atoms with Gasteiger partial charge in [0.25, 0.3) is 0 Å². The van der Waals surface area contributed by atoms with Crippen LogP contribution >= 0.6 is 0 Å². The Morgan fingerprint density at radius 2 is 1.78 bits per heavy atom. The van der Waals surface area contributed by atoms with Crippen LogP contribution in [0.3, 0.4) is 0 Å². The van der Waals surface area contributed by atoms with Gasteiger partial charge in [-0.15, -0.1) is 0 Å². The molecule has 0 spiro atoms. The second-order valence-corrected chi connectivity index (χ2v) is 6.11. The molecule has 1 heterocycles. The fourth-order valence-electron chi connectivity index (χ4n) is 4.29. The smallest absolute Gasteiger partial charge is 0.0459 e. The number of aryl methyl sites for hydroxylation is 1. The van der Waals surface area contributed by atoms with Crippen molar-refractivity contribution in [3.63, 3.8) is 0 Å². The van der Waals surface area contributed by atoms with Gasteiger partial charge in [-0.25, -0.2) is 0 Å². The third kappa shape index (κ3) is 1.53. The second kappa shape index (κ2) is 4.15. The summed E-state index contributed by atoms with van der Waals surface area (Å²) < 4.78 is 0. The van der Waals surface area contributed by atoms with Crippen molar-refractivity contribution in [3.8, 4) is 0 Å². The minimum atomic E-state index is 0.844. The first-order valence-corrected chi connectivity index (χ1v) is 7.53. The quantitative estimate of drug-likeness (QED) is 0.737. The molecule has 1 saturated carbocycles. The van der Waals surface area contributed by atoms with E-state index in [0.29, 0.717) is 0 Å². The highest BCUT2D eigenvalue weighted by Crippen LogP contribution is 2.46. The standard InChI is InChI=1S/C17H21N/c1-2-6-12(7-3-1)13-10-11-16-17(13)14-8-4-5-9-15(14)18-16/h4-5,8-9,12-13,18H,1-3,6-7,10-11H2. The number of fused-ring (bicyclic) bond motifs is 3. The van der Waals surface area contributed by atoms with E-state index in [2.05, 4.69) is 29.2 Å². The number of aromatic nitrogens is 1. The summed E-state index contributed by atoms with van der Waals surface area (Å²) in [5, 5.41) is 1.50. The van der Waals surface area contributed by atoms with E-state index in [4.69, 9.17) is 0 Å². The Morgan fingerprint density at radius 1 is 0.944 bits per heavy atom. The van der Waals surface area contributed by atoms with Gasteiger partial charge in [0, 0.05) is 16.6 Å². The molecule has 2 aromatic rings. The summed E-state index contributed by atoms with van der Waals surface area (Å²) in [7, 11) is 0. The Kier molecular flexibility index (Phi) is 2.46. The van der Waals surface area contributed by atoms with E-state index >= 15 is 0 Å². The highest BCUT2D eigenvalue weighted by atomic mass is 14.7. The average molecular weight is 239 g/mol. The van der Waals surface area contributed by atoms with Crippen LogP contribution in [0.5, 0.6) is 0 Å². The summed E-state index contributed by atoms with van der Waals surface area (Å²) in [4.78, 5) is 3.65. The molecule has 1 N–H and O–H groups in total. The Balaban J connectivity index is 1.77. The molecule has 2 aliphatic rings. The number of benzene rings is 1. The van der Waals surface area contributed by atoms with Crippen molar-refractivity contribution in [1.82, 2.24) is 4.98 Å². The lowest BCUT2D eigenvalue weighted by atomic mass is 9.77. The van der Waals surface area contributed by atoms with Crippen molar-refractivity contribution in [3.05, 3.63) is 35.5 Å². The molecule has 4 rings (SSSR count). The van der Waals surface area contributed by atoms with Gasteiger partial charge in [-0.1, -0.05) is 37.5 Å². The van der Waals surface area contributed by atoms with E-state index in [-0.39, 0.29) is 0 Å². The van der Waals surface area contributed by atoms with E-state index in [0.717, 1.165) is 11.8 Å². The Bertz CT molecular complexity index is 560. The molecule has 0 saturated heterocycles. The minimum absolute atomic E-state index is 0.844. The van der Waals surface area contributed by atoms with E-state index in [1.54, 1.807) is 5.56 Å². The Hall–Kier alpha value is -1.24. The maximum Gasteiger partial charge on any atom is 0.0459 e. The zero-order chi connectivity index (χ0) is 11.9. The molecule has 18 heavy (non-hydrogen) atoms. The maximum atomic E-state index is 3.65. The highest BCUT2D eigenvalue weighted by Gasteiger charge is 2.33. The van der Waals surface area contributed by atoms with Gasteiger partial charge in [0.05, 0.1) is 0 Å². The molecular formula is C17H21N. The summed E-state index contributed by atoms with van der Waals surface area (Å²) in [6, 6.07) is 8.87. The van der Waals surface area contributed by atoms with E-state index < -0.39 is 0 Å². The van der Waals surface area contributed by atoms with Crippen LogP contribution in [0.25, 0.3) is 10.9 Å². The molecule has 0 radical (unpaired) electrons. The molecule has 2 aliphatic carbocycles. The lowest BCUT2D eigenvalue weighted by Crippen LogP contribution is -2.14. The van der Waals surface area contributed by atoms with Crippen molar-refractivity contribution in [2.75, 3.05) is 0 Å². The van der Waals surface area contributed by atoms with Crippen LogP contribution in [0, 0.1) is 5.92 Å². The van der Waals surface area contributed by atoms with Crippen LogP contribution in [0.1, 0.15) is 55.7 Å². The molecule has 1 fully saturated rings. The van der Waals surface area contributed by atoms with Crippen LogP contribution in [-0.2, 0) is 6.42 Å². The number of hydrogen-bond acceptors (Lipinski definition) is 0. The molecule has 0 amide bonds. The van der Waals surface area contributed by atoms with Gasteiger partial charge in [0.2, 0.25) is 0 Å². The predicted molar refractivity (Wildman–Crippen MR) is 75.9 cm³/mol. The Labute approximate surface area is 109 Å². The molecule has 1 heteroatoms. The number of nitrogens with one attached hydrogen (secondary N) is 1. The van der Waals surface area contributed by atoms with Gasteiger partial charge in [-0.2, -0.15) is 0 Å². The van der Waals surface area contributed by atoms with Crippen molar-refractivity contribution in [2.24, 2.45) is 5.92 Å². The number of para-hydroxylation sites is 1. The number of rotatable bonds is 1. The summed E-state index contributed by atoms with van der Waals surface area (Å²) in [5.41, 5.74) is 4.56. The molecule has 1 aromatic heterocycles. The molecular weight excluding hydrogens is 218 g/mol. The first-order chi connectivity index (χ1) is 8.93. The van der Waals surface area contributed by atoms with Crippen LogP contribution in [0.15, 0.2) is 24.3 Å². The molecule has 1 nitrogen and oxygen atoms in total. The zero-order valence-corrected chi connectivity index (χ0v) is 10.9. The second-order valence-electron chi connectivity index (χ2n) is 6.11. The van der Waals surface area contributed by atoms with Crippen LogP contribution < -0.4 is 0 Å². The first kappa shape index (κ1) is 10.7. The molecule has 94 valence electrons. The van der Waals surface area contributed by atoms with Crippen molar-refractivity contribution >= 4 is 10.9 Å². The average Bonchev–Trinajstić information content (AvgIpc) is 2.98. The fourth-order valence-corrected chi connectivity index (χ4v) is 4.29. The molecule has 0 aliphatic heterocycles. The van der Waals surface area contributed by atoms with Gasteiger partial charge in [-0.05, 0) is 49.1 Å². The van der Waals surface area contributed by atoms with Gasteiger partial charge in [0.1, 0.15) is 0 Å². The van der Waals surface area contributed by atoms with Crippen LogP contribution in [0.4, 0.5) is 0 Å². The molecule has 0 bridgehead atoms. The lowest BCUT2D eigenvalue weighted by molar-refractivity contribution is 0.304. The van der Waals surface area contributed by atoms with Crippen molar-refractivity contribution in [2.45, 2.75) is 50.9 Å². The van der Waals surface area contributed by atoms with E-state index in [1.807, 2.05) is 0 Å². The SMILES string of the molecule is c1ccc2c3c([nH]c2c1)CCC3C1CCCCC1. The minimum Gasteiger partial charge on any atom is -0.358 e. The van der Waals surface area contributed by atoms with Gasteiger partial charge >= 0.3 is 0 Å². The zero-order valence-electron chi connectivity index (χ0n) is 10.9. The van der Waals surface area contributed by atoms with E-state index in [1.165, 1.54) is 61.5 Å². The molecule has 1 unspecified atom stereocenters. The third-order valence-electron chi connectivity index (χ3n) is 5.12. The number of aromatic amines is 1. The van der Waals surface area contributed by atoms with E-state index in [9.17, 15) is 0 Å². The van der Waals surface area contributed by atoms with Gasteiger partial charge < -0.3 is 4.98 Å². The van der Waals surface area contributed by atoms with Gasteiger partial charge in [0.15, 0.2) is 0 Å². The summed E-state index contributed by atoms with van der Waals surface area (Å²) in [6.07, 6.45) is 9.96. The van der Waals surface area contributed by atoms with Crippen molar-refractivity contribution in [1.29, 1.82) is 0 Å². The normalized spacial score (nSPS) is 24.6. The fraction of sp³-hybridized carbons (Fsp3) is 0.529. The summed E-state index contributed by atoms with van der Waals surface area (Å²) in [5.74, 6) is 1.80. The predicted octanol–water partition coefficient (Wildman–Crippen LogP) is 4.78. The summed E-state index contributed by atoms with van der Waals surface area (Å²) >= 11 is 0.